The lowest BCUT2D eigenvalue weighted by molar-refractivity contribution is -0.288. The molecule has 0 amide bonds. The van der Waals surface area contributed by atoms with E-state index in [4.69, 9.17) is 15.4 Å². The van der Waals surface area contributed by atoms with Crippen LogP contribution in [0.25, 0.3) is 0 Å². The quantitative estimate of drug-likeness (QED) is 0.433. The SMILES string of the molecule is C[C@@]1(N)C(=O)OOCCOCCN1NC1=C(OC(=O)C(F)(F)F)C=CC2C(=O)c3ccccc3C(=O)C12. The summed E-state index contributed by atoms with van der Waals surface area (Å²) in [5.41, 5.74) is 6.63. The minimum atomic E-state index is -5.35. The van der Waals surface area contributed by atoms with Crippen LogP contribution in [0, 0.1) is 11.8 Å². The molecule has 0 saturated carbocycles. The first kappa shape index (κ1) is 26.5. The molecule has 1 aliphatic heterocycles. The van der Waals surface area contributed by atoms with Gasteiger partial charge in [0.25, 0.3) is 0 Å². The monoisotopic (exact) mass is 525 g/mol. The van der Waals surface area contributed by atoms with Gasteiger partial charge in [0.1, 0.15) is 6.61 Å². The molecule has 1 aromatic carbocycles. The number of carbonyl (C=O) groups is 4. The normalized spacial score (nSPS) is 27.2. The third-order valence-corrected chi connectivity index (χ3v) is 6.00. The second-order valence-electron chi connectivity index (χ2n) is 8.52. The molecule has 1 heterocycles. The Kier molecular flexibility index (Phi) is 7.19. The molecule has 37 heavy (non-hydrogen) atoms. The topological polar surface area (TPSA) is 146 Å². The van der Waals surface area contributed by atoms with Gasteiger partial charge in [-0.1, -0.05) is 30.3 Å². The zero-order valence-corrected chi connectivity index (χ0v) is 19.4. The molecule has 3 N–H and O–H groups in total. The Morgan fingerprint density at radius 2 is 1.81 bits per heavy atom. The number of alkyl halides is 3. The Hall–Kier alpha value is -3.59. The summed E-state index contributed by atoms with van der Waals surface area (Å²) in [6.07, 6.45) is -3.17. The van der Waals surface area contributed by atoms with Gasteiger partial charge in [-0.05, 0) is 13.0 Å². The summed E-state index contributed by atoms with van der Waals surface area (Å²) in [4.78, 5) is 60.4. The molecule has 0 bridgehead atoms. The number of ether oxygens (including phenoxy) is 2. The highest BCUT2D eigenvalue weighted by molar-refractivity contribution is 6.17. The average Bonchev–Trinajstić information content (AvgIpc) is 2.85. The van der Waals surface area contributed by atoms with E-state index in [0.717, 1.165) is 11.1 Å². The summed E-state index contributed by atoms with van der Waals surface area (Å²) in [5.74, 6) is -7.93. The molecule has 1 fully saturated rings. The summed E-state index contributed by atoms with van der Waals surface area (Å²) in [6, 6.07) is 5.97. The van der Waals surface area contributed by atoms with Crippen LogP contribution in [0.4, 0.5) is 13.2 Å². The number of hydrogen-bond donors (Lipinski definition) is 2. The van der Waals surface area contributed by atoms with E-state index < -0.39 is 52.9 Å². The molecule has 2 unspecified atom stereocenters. The number of benzene rings is 1. The third-order valence-electron chi connectivity index (χ3n) is 6.00. The molecule has 3 aliphatic rings. The van der Waals surface area contributed by atoms with E-state index in [1.54, 1.807) is 6.07 Å². The number of nitrogens with two attached hydrogens (primary N) is 1. The molecular weight excluding hydrogens is 503 g/mol. The van der Waals surface area contributed by atoms with Gasteiger partial charge in [-0.15, -0.1) is 0 Å². The van der Waals surface area contributed by atoms with Crippen LogP contribution in [0.15, 0.2) is 47.9 Å². The average molecular weight is 525 g/mol. The van der Waals surface area contributed by atoms with Gasteiger partial charge < -0.3 is 20.6 Å². The van der Waals surface area contributed by atoms with E-state index in [0.29, 0.717) is 0 Å². The van der Waals surface area contributed by atoms with Crippen molar-refractivity contribution in [2.24, 2.45) is 17.6 Å². The van der Waals surface area contributed by atoms with Gasteiger partial charge >= 0.3 is 18.1 Å². The van der Waals surface area contributed by atoms with Crippen LogP contribution in [0.1, 0.15) is 27.6 Å². The minimum absolute atomic E-state index is 0.0268. The zero-order valence-electron chi connectivity index (χ0n) is 19.4. The number of halogens is 3. The van der Waals surface area contributed by atoms with Gasteiger partial charge in [0.05, 0.1) is 30.7 Å². The fraction of sp³-hybridized carbons (Fsp3) is 0.391. The number of hydrazine groups is 1. The molecule has 0 spiro atoms. The number of nitrogens with zero attached hydrogens (tertiary/aromatic N) is 1. The molecule has 4 rings (SSSR count). The second-order valence-corrected chi connectivity index (χ2v) is 8.52. The molecule has 14 heteroatoms. The summed E-state index contributed by atoms with van der Waals surface area (Å²) in [6.45, 7) is 1.04. The van der Waals surface area contributed by atoms with E-state index in [2.05, 4.69) is 15.1 Å². The van der Waals surface area contributed by atoms with Gasteiger partial charge in [-0.3, -0.25) is 14.5 Å². The van der Waals surface area contributed by atoms with E-state index in [9.17, 15) is 32.3 Å². The number of Topliss-reactive ketones (excluding diaryl/α,β-unsaturated/α-hetero) is 2. The van der Waals surface area contributed by atoms with Crippen molar-refractivity contribution in [3.8, 4) is 0 Å². The van der Waals surface area contributed by atoms with Crippen molar-refractivity contribution in [2.75, 3.05) is 26.4 Å². The maximum atomic E-state index is 13.5. The summed E-state index contributed by atoms with van der Waals surface area (Å²) < 4.78 is 49.0. The van der Waals surface area contributed by atoms with E-state index >= 15 is 0 Å². The minimum Gasteiger partial charge on any atom is -0.418 e. The number of carbonyl (C=O) groups excluding carboxylic acids is 4. The highest BCUT2D eigenvalue weighted by atomic mass is 19.4. The van der Waals surface area contributed by atoms with Gasteiger partial charge in [0, 0.05) is 17.7 Å². The fourth-order valence-electron chi connectivity index (χ4n) is 4.08. The zero-order chi connectivity index (χ0) is 27.0. The number of fused-ring (bicyclic) bond motifs is 2. The number of rotatable bonds is 3. The number of nitrogens with one attached hydrogen (secondary N) is 1. The Balaban J connectivity index is 1.80. The molecule has 2 aliphatic carbocycles. The summed E-state index contributed by atoms with van der Waals surface area (Å²) in [5, 5.41) is 1.04. The van der Waals surface area contributed by atoms with Crippen LogP contribution in [0.5, 0.6) is 0 Å². The van der Waals surface area contributed by atoms with Crippen LogP contribution in [-0.4, -0.2) is 66.7 Å². The maximum Gasteiger partial charge on any atom is 0.491 e. The first-order chi connectivity index (χ1) is 17.4. The van der Waals surface area contributed by atoms with Crippen molar-refractivity contribution < 1.29 is 51.6 Å². The van der Waals surface area contributed by atoms with Crippen molar-refractivity contribution in [3.63, 3.8) is 0 Å². The van der Waals surface area contributed by atoms with Crippen molar-refractivity contribution >= 4 is 23.5 Å². The lowest BCUT2D eigenvalue weighted by atomic mass is 9.70. The van der Waals surface area contributed by atoms with Crippen molar-refractivity contribution in [2.45, 2.75) is 18.8 Å². The van der Waals surface area contributed by atoms with Gasteiger partial charge in [-0.2, -0.15) is 23.1 Å². The Morgan fingerprint density at radius 3 is 2.49 bits per heavy atom. The molecule has 11 nitrogen and oxygen atoms in total. The van der Waals surface area contributed by atoms with E-state index in [1.165, 1.54) is 31.2 Å². The molecule has 1 aromatic rings. The predicted octanol–water partition coefficient (Wildman–Crippen LogP) is 1.17. The predicted molar refractivity (Wildman–Crippen MR) is 116 cm³/mol. The van der Waals surface area contributed by atoms with Crippen LogP contribution in [-0.2, 0) is 28.8 Å². The van der Waals surface area contributed by atoms with Crippen LogP contribution in [0.2, 0.25) is 0 Å². The second kappa shape index (κ2) is 10.0. The van der Waals surface area contributed by atoms with Gasteiger partial charge in [0.15, 0.2) is 23.0 Å². The first-order valence-electron chi connectivity index (χ1n) is 11.1. The Morgan fingerprint density at radius 1 is 1.14 bits per heavy atom. The molecule has 0 aromatic heterocycles. The number of ketones is 2. The third kappa shape index (κ3) is 5.13. The van der Waals surface area contributed by atoms with Crippen molar-refractivity contribution in [3.05, 3.63) is 59.0 Å². The van der Waals surface area contributed by atoms with E-state index in [1.807, 2.05) is 0 Å². The lowest BCUT2D eigenvalue weighted by Gasteiger charge is -2.41. The van der Waals surface area contributed by atoms with Gasteiger partial charge in [-0.25, -0.2) is 9.59 Å². The first-order valence-corrected chi connectivity index (χ1v) is 11.1. The maximum absolute atomic E-state index is 13.5. The van der Waals surface area contributed by atoms with Crippen molar-refractivity contribution in [1.29, 1.82) is 0 Å². The highest BCUT2D eigenvalue weighted by Crippen LogP contribution is 2.40. The Labute approximate surface area is 207 Å². The Bertz CT molecular complexity index is 1190. The standard InChI is InChI=1S/C23H22F3N3O8/c1-22(27)20(32)37-35-11-10-34-9-8-29(22)28-17-15(36-21(33)23(24,25)26)7-6-14-16(17)19(31)13-5-3-2-4-12(13)18(14)30/h2-7,14,16,28H,8-11,27H2,1H3/t14?,16?,22-/m0/s1. The molecular formula is C23H22F3N3O8. The molecule has 0 radical (unpaired) electrons. The van der Waals surface area contributed by atoms with Crippen molar-refractivity contribution in [1.82, 2.24) is 10.4 Å². The summed E-state index contributed by atoms with van der Waals surface area (Å²) in [7, 11) is 0. The number of hydrogen-bond acceptors (Lipinski definition) is 11. The largest absolute Gasteiger partial charge is 0.491 e. The lowest BCUT2D eigenvalue weighted by Crippen LogP contribution is -2.66. The number of allylic oxidation sites excluding steroid dienone is 3. The van der Waals surface area contributed by atoms with Gasteiger partial charge in [0.2, 0.25) is 0 Å². The van der Waals surface area contributed by atoms with Crippen LogP contribution < -0.4 is 11.2 Å². The molecule has 3 atom stereocenters. The smallest absolute Gasteiger partial charge is 0.418 e. The number of esters is 1. The highest BCUT2D eigenvalue weighted by Gasteiger charge is 2.49. The van der Waals surface area contributed by atoms with E-state index in [-0.39, 0.29) is 43.2 Å². The summed E-state index contributed by atoms with van der Waals surface area (Å²) >= 11 is 0. The van der Waals surface area contributed by atoms with Crippen LogP contribution >= 0.6 is 0 Å². The fourth-order valence-corrected chi connectivity index (χ4v) is 4.08. The molecule has 198 valence electrons. The van der Waals surface area contributed by atoms with Crippen LogP contribution in [0.3, 0.4) is 0 Å². The molecule has 1 saturated heterocycles.